The quantitative estimate of drug-likeness (QED) is 0.297. The van der Waals surface area contributed by atoms with Crippen molar-refractivity contribution in [3.8, 4) is 17.2 Å². The minimum absolute atomic E-state index is 0.0268. The first kappa shape index (κ1) is 25.8. The molecular weight excluding hydrogens is 492 g/mol. The Bertz CT molecular complexity index is 1470. The summed E-state index contributed by atoms with van der Waals surface area (Å²) in [6.07, 6.45) is 0. The van der Waals surface area contributed by atoms with Gasteiger partial charge < -0.3 is 19.5 Å². The minimum atomic E-state index is -4.10. The van der Waals surface area contributed by atoms with E-state index in [0.29, 0.717) is 17.2 Å². The molecule has 0 saturated heterocycles. The van der Waals surface area contributed by atoms with E-state index in [1.54, 1.807) is 30.3 Å². The van der Waals surface area contributed by atoms with E-state index in [1.807, 2.05) is 42.5 Å². The lowest BCUT2D eigenvalue weighted by molar-refractivity contribution is -0.119. The molecule has 0 atom stereocenters. The number of amides is 1. The molecule has 4 rings (SSSR count). The van der Waals surface area contributed by atoms with Crippen LogP contribution in [0.5, 0.6) is 17.2 Å². The Morgan fingerprint density at radius 1 is 0.811 bits per heavy atom. The van der Waals surface area contributed by atoms with Crippen LogP contribution < -0.4 is 23.8 Å². The summed E-state index contributed by atoms with van der Waals surface area (Å²) in [6.45, 7) is 0.0313. The zero-order valence-corrected chi connectivity index (χ0v) is 21.4. The Kier molecular flexibility index (Phi) is 8.15. The summed E-state index contributed by atoms with van der Waals surface area (Å²) in [5, 5.41) is 4.79. The molecule has 9 heteroatoms. The van der Waals surface area contributed by atoms with Crippen molar-refractivity contribution < 1.29 is 27.4 Å². The summed E-state index contributed by atoms with van der Waals surface area (Å²) in [6, 6.07) is 26.4. The molecule has 1 N–H and O–H groups in total. The number of rotatable bonds is 11. The Hall–Kier alpha value is -4.24. The molecule has 4 aromatic carbocycles. The second-order valence-electron chi connectivity index (χ2n) is 8.04. The molecule has 0 bridgehead atoms. The van der Waals surface area contributed by atoms with E-state index < -0.39 is 22.5 Å². The summed E-state index contributed by atoms with van der Waals surface area (Å²) in [7, 11) is -1.20. The summed E-state index contributed by atoms with van der Waals surface area (Å²) in [5.41, 5.74) is 0.361. The first-order valence-electron chi connectivity index (χ1n) is 11.6. The maximum atomic E-state index is 13.6. The predicted octanol–water partition coefficient (Wildman–Crippen LogP) is 4.25. The second kappa shape index (κ2) is 11.7. The fraction of sp³-hybridized carbons (Fsp3) is 0.179. The summed E-state index contributed by atoms with van der Waals surface area (Å²) < 4.78 is 44.6. The van der Waals surface area contributed by atoms with Gasteiger partial charge in [-0.2, -0.15) is 0 Å². The van der Waals surface area contributed by atoms with Crippen LogP contribution in [0.15, 0.2) is 95.9 Å². The molecule has 0 aliphatic carbocycles. The number of hydrogen-bond donors (Lipinski definition) is 1. The molecule has 0 heterocycles. The highest BCUT2D eigenvalue weighted by molar-refractivity contribution is 7.92. The van der Waals surface area contributed by atoms with Crippen LogP contribution in [0, 0.1) is 0 Å². The number of para-hydroxylation sites is 1. The van der Waals surface area contributed by atoms with E-state index in [4.69, 9.17) is 14.2 Å². The van der Waals surface area contributed by atoms with Crippen molar-refractivity contribution in [1.29, 1.82) is 0 Å². The summed E-state index contributed by atoms with van der Waals surface area (Å²) >= 11 is 0. The van der Waals surface area contributed by atoms with Crippen molar-refractivity contribution in [1.82, 2.24) is 5.32 Å². The van der Waals surface area contributed by atoms with Crippen molar-refractivity contribution in [2.24, 2.45) is 0 Å². The maximum Gasteiger partial charge on any atom is 0.264 e. The van der Waals surface area contributed by atoms with Gasteiger partial charge in [-0.1, -0.05) is 54.6 Å². The number of anilines is 1. The van der Waals surface area contributed by atoms with Gasteiger partial charge in [-0.25, -0.2) is 8.42 Å². The molecule has 0 saturated carbocycles. The van der Waals surface area contributed by atoms with Gasteiger partial charge in [0.2, 0.25) is 5.91 Å². The fourth-order valence-corrected chi connectivity index (χ4v) is 5.31. The minimum Gasteiger partial charge on any atom is -0.493 e. The standard InChI is InChI=1S/C28H28N2O6S/c1-34-26-16-15-23(19-27(26)35-2)37(32,33)30(22-11-4-3-5-12-22)20-28(31)29-17-18-36-25-14-8-10-21-9-6-7-13-24(21)25/h3-16,19H,17-18,20H2,1-2H3,(H,29,31). The van der Waals surface area contributed by atoms with Gasteiger partial charge in [-0.15, -0.1) is 0 Å². The van der Waals surface area contributed by atoms with E-state index in [2.05, 4.69) is 5.32 Å². The van der Waals surface area contributed by atoms with Crippen molar-refractivity contribution in [2.45, 2.75) is 4.90 Å². The maximum absolute atomic E-state index is 13.6. The lowest BCUT2D eigenvalue weighted by Crippen LogP contribution is -2.41. The predicted molar refractivity (Wildman–Crippen MR) is 143 cm³/mol. The molecule has 0 radical (unpaired) electrons. The Morgan fingerprint density at radius 2 is 1.51 bits per heavy atom. The van der Waals surface area contributed by atoms with Crippen LogP contribution in [0.25, 0.3) is 10.8 Å². The van der Waals surface area contributed by atoms with Gasteiger partial charge in [0, 0.05) is 11.5 Å². The summed E-state index contributed by atoms with van der Waals surface area (Å²) in [5.74, 6) is 0.923. The highest BCUT2D eigenvalue weighted by Gasteiger charge is 2.28. The van der Waals surface area contributed by atoms with Gasteiger partial charge in [0.1, 0.15) is 18.9 Å². The number of carbonyl (C=O) groups is 1. The topological polar surface area (TPSA) is 94.2 Å². The number of carbonyl (C=O) groups excluding carboxylic acids is 1. The molecule has 192 valence electrons. The molecule has 8 nitrogen and oxygen atoms in total. The van der Waals surface area contributed by atoms with Crippen molar-refractivity contribution >= 4 is 32.4 Å². The van der Waals surface area contributed by atoms with Crippen LogP contribution in [0.4, 0.5) is 5.69 Å². The zero-order chi connectivity index (χ0) is 26.3. The molecule has 0 aliphatic heterocycles. The van der Waals surface area contributed by atoms with Gasteiger partial charge in [0.25, 0.3) is 10.0 Å². The largest absolute Gasteiger partial charge is 0.493 e. The van der Waals surface area contributed by atoms with E-state index in [-0.39, 0.29) is 23.8 Å². The zero-order valence-electron chi connectivity index (χ0n) is 20.6. The third-order valence-electron chi connectivity index (χ3n) is 5.71. The van der Waals surface area contributed by atoms with Gasteiger partial charge in [-0.3, -0.25) is 9.10 Å². The Morgan fingerprint density at radius 3 is 2.27 bits per heavy atom. The average Bonchev–Trinajstić information content (AvgIpc) is 2.94. The first-order chi connectivity index (χ1) is 17.9. The number of sulfonamides is 1. The number of fused-ring (bicyclic) bond motifs is 1. The second-order valence-corrected chi connectivity index (χ2v) is 9.90. The van der Waals surface area contributed by atoms with E-state index in [9.17, 15) is 13.2 Å². The molecule has 37 heavy (non-hydrogen) atoms. The first-order valence-corrected chi connectivity index (χ1v) is 13.0. The number of ether oxygens (including phenoxy) is 3. The van der Waals surface area contributed by atoms with Gasteiger partial charge in [0.05, 0.1) is 31.3 Å². The van der Waals surface area contributed by atoms with Crippen LogP contribution in [-0.4, -0.2) is 48.2 Å². The smallest absolute Gasteiger partial charge is 0.264 e. The number of hydrogen-bond acceptors (Lipinski definition) is 6. The van der Waals surface area contributed by atoms with Gasteiger partial charge in [-0.05, 0) is 35.7 Å². The van der Waals surface area contributed by atoms with Crippen molar-refractivity contribution in [2.75, 3.05) is 38.2 Å². The van der Waals surface area contributed by atoms with E-state index in [0.717, 1.165) is 15.1 Å². The fourth-order valence-electron chi connectivity index (χ4n) is 3.87. The SMILES string of the molecule is COc1ccc(S(=O)(=O)N(CC(=O)NCCOc2cccc3ccccc23)c2ccccc2)cc1OC. The van der Waals surface area contributed by atoms with Crippen molar-refractivity contribution in [3.05, 3.63) is 91.0 Å². The molecule has 0 unspecified atom stereocenters. The molecule has 0 fully saturated rings. The molecular formula is C28H28N2O6S. The van der Waals surface area contributed by atoms with Gasteiger partial charge >= 0.3 is 0 Å². The number of nitrogens with zero attached hydrogens (tertiary/aromatic N) is 1. The highest BCUT2D eigenvalue weighted by atomic mass is 32.2. The highest BCUT2D eigenvalue weighted by Crippen LogP contribution is 2.32. The van der Waals surface area contributed by atoms with Crippen molar-refractivity contribution in [3.63, 3.8) is 0 Å². The number of nitrogens with one attached hydrogen (secondary N) is 1. The molecule has 0 spiro atoms. The average molecular weight is 521 g/mol. The van der Waals surface area contributed by atoms with Crippen LogP contribution in [0.2, 0.25) is 0 Å². The van der Waals surface area contributed by atoms with E-state index >= 15 is 0 Å². The Labute approximate surface area is 216 Å². The molecule has 0 aliphatic rings. The Balaban J connectivity index is 1.46. The molecule has 1 amide bonds. The molecule has 0 aromatic heterocycles. The molecule has 4 aromatic rings. The van der Waals surface area contributed by atoms with Crippen LogP contribution in [0.1, 0.15) is 0 Å². The van der Waals surface area contributed by atoms with Gasteiger partial charge in [0.15, 0.2) is 11.5 Å². The van der Waals surface area contributed by atoms with Crippen LogP contribution in [0.3, 0.4) is 0 Å². The summed E-state index contributed by atoms with van der Waals surface area (Å²) in [4.78, 5) is 12.8. The van der Waals surface area contributed by atoms with Crippen LogP contribution in [-0.2, 0) is 14.8 Å². The number of benzene rings is 4. The normalized spacial score (nSPS) is 11.1. The lowest BCUT2D eigenvalue weighted by Gasteiger charge is -2.24. The van der Waals surface area contributed by atoms with E-state index in [1.165, 1.54) is 32.4 Å². The lowest BCUT2D eigenvalue weighted by atomic mass is 10.1. The monoisotopic (exact) mass is 520 g/mol. The van der Waals surface area contributed by atoms with Crippen LogP contribution >= 0.6 is 0 Å². The number of methoxy groups -OCH3 is 2. The third kappa shape index (κ3) is 5.95. The third-order valence-corrected chi connectivity index (χ3v) is 7.48.